The van der Waals surface area contributed by atoms with Crippen LogP contribution in [0.3, 0.4) is 0 Å². The van der Waals surface area contributed by atoms with E-state index in [9.17, 15) is 20.5 Å². The predicted octanol–water partition coefficient (Wildman–Crippen LogP) is 5.39. The number of carbonyl (C=O) groups excluding carboxylic acids is 1. The van der Waals surface area contributed by atoms with Gasteiger partial charge in [0.1, 0.15) is 48.7 Å². The molecule has 3 fully saturated rings. The standard InChI is InChI=1S/C39H70N6O14/c1-7-12-17-49-30-27(23-47)56-38(29(43-45-41)31(30)50-18-13-8-2)58-33-32(51-19-14-9-3)35(52-20-15-10-4)39(59-34(33)36(48)53-21-16-11-5)55-25(6)28-24-54-37(57-28)26(22-46)42-44-40/h25-35,37-39,46-47H,7-24H2,1-6H3/t25-,26-,27-,28?,29?,30+,31+,32?,33-,34+,35-,37+,38+,39+/m0/s1. The van der Waals surface area contributed by atoms with E-state index in [-0.39, 0.29) is 26.4 Å². The first kappa shape index (κ1) is 51.0. The molecule has 3 aliphatic rings. The fraction of sp³-hybridized carbons (Fsp3) is 0.974. The molecule has 0 saturated carbocycles. The number of nitrogens with zero attached hydrogens (tertiary/aromatic N) is 6. The van der Waals surface area contributed by atoms with Gasteiger partial charge in [0.05, 0.1) is 38.6 Å². The molecule has 3 aliphatic heterocycles. The van der Waals surface area contributed by atoms with Crippen LogP contribution in [0.4, 0.5) is 0 Å². The maximum absolute atomic E-state index is 14.1. The maximum Gasteiger partial charge on any atom is 0.338 e. The zero-order chi connectivity index (χ0) is 43.0. The second-order valence-electron chi connectivity index (χ2n) is 14.9. The van der Waals surface area contributed by atoms with E-state index in [4.69, 9.17) is 57.6 Å². The maximum atomic E-state index is 14.1. The third-order valence-corrected chi connectivity index (χ3v) is 10.3. The van der Waals surface area contributed by atoms with Gasteiger partial charge in [-0.15, -0.1) is 0 Å². The summed E-state index contributed by atoms with van der Waals surface area (Å²) in [5.41, 5.74) is 18.8. The summed E-state index contributed by atoms with van der Waals surface area (Å²) in [5, 5.41) is 28.0. The summed E-state index contributed by atoms with van der Waals surface area (Å²) < 4.78 is 69.3. The molecule has 3 saturated heterocycles. The number of hydrogen-bond acceptors (Lipinski definition) is 16. The lowest BCUT2D eigenvalue weighted by molar-refractivity contribution is -0.357. The number of rotatable bonds is 30. The van der Waals surface area contributed by atoms with Crippen LogP contribution in [0.2, 0.25) is 0 Å². The van der Waals surface area contributed by atoms with E-state index in [0.717, 1.165) is 44.9 Å². The van der Waals surface area contributed by atoms with Gasteiger partial charge in [-0.25, -0.2) is 4.79 Å². The molecule has 0 spiro atoms. The van der Waals surface area contributed by atoms with Crippen molar-refractivity contribution < 1.29 is 67.1 Å². The Bertz CT molecular complexity index is 1260. The molecule has 59 heavy (non-hydrogen) atoms. The molecule has 2 N–H and O–H groups in total. The molecule has 0 aromatic rings. The molecule has 20 heteroatoms. The number of aliphatic hydroxyl groups is 2. The lowest BCUT2D eigenvalue weighted by atomic mass is 9.95. The Morgan fingerprint density at radius 2 is 1.31 bits per heavy atom. The largest absolute Gasteiger partial charge is 0.464 e. The first-order valence-corrected chi connectivity index (χ1v) is 21.6. The van der Waals surface area contributed by atoms with Crippen molar-refractivity contribution in [2.45, 2.75) is 192 Å². The van der Waals surface area contributed by atoms with Crippen molar-refractivity contribution in [3.63, 3.8) is 0 Å². The van der Waals surface area contributed by atoms with Crippen LogP contribution < -0.4 is 0 Å². The number of ether oxygens (including phenoxy) is 11. The van der Waals surface area contributed by atoms with Crippen molar-refractivity contribution in [2.75, 3.05) is 52.9 Å². The minimum Gasteiger partial charge on any atom is -0.464 e. The molecule has 0 bridgehead atoms. The van der Waals surface area contributed by atoms with Crippen LogP contribution in [0, 0.1) is 0 Å². The molecular weight excluding hydrogens is 776 g/mol. The van der Waals surface area contributed by atoms with E-state index in [2.05, 4.69) is 20.1 Å². The third kappa shape index (κ3) is 15.5. The van der Waals surface area contributed by atoms with E-state index in [1.54, 1.807) is 6.92 Å². The summed E-state index contributed by atoms with van der Waals surface area (Å²) in [5.74, 6) is -0.743. The van der Waals surface area contributed by atoms with Crippen LogP contribution in [0.15, 0.2) is 10.2 Å². The molecule has 0 radical (unpaired) electrons. The first-order chi connectivity index (χ1) is 28.8. The topological polar surface area (TPSA) is 257 Å². The van der Waals surface area contributed by atoms with Crippen molar-refractivity contribution >= 4 is 5.97 Å². The second kappa shape index (κ2) is 29.0. The summed E-state index contributed by atoms with van der Waals surface area (Å²) in [6.07, 6.45) is -4.79. The van der Waals surface area contributed by atoms with E-state index < -0.39 is 105 Å². The van der Waals surface area contributed by atoms with Crippen LogP contribution in [-0.4, -0.2) is 155 Å². The molecule has 0 amide bonds. The molecular formula is C39H70N6O14. The van der Waals surface area contributed by atoms with Gasteiger partial charge in [0.25, 0.3) is 0 Å². The molecule has 0 aromatic carbocycles. The fourth-order valence-electron chi connectivity index (χ4n) is 6.79. The quantitative estimate of drug-likeness (QED) is 0.0302. The Labute approximate surface area is 348 Å². The van der Waals surface area contributed by atoms with E-state index >= 15 is 0 Å². The minimum atomic E-state index is -1.46. The molecule has 14 atom stereocenters. The van der Waals surface area contributed by atoms with Crippen molar-refractivity contribution in [2.24, 2.45) is 10.2 Å². The number of esters is 1. The summed E-state index contributed by atoms with van der Waals surface area (Å²) in [7, 11) is 0. The molecule has 3 unspecified atom stereocenters. The molecule has 340 valence electrons. The SMILES string of the molecule is CCCCOC(=O)[C@@H]1O[C@@H](O[C@@H](C)C2CO[C@@H]([C@H](CO)N=[N+]=[N-])O2)[C@@H](OCCCC)C(OCCCC)[C@@H]1O[C@H]1O[C@@H](CO)[C@@H](OCCCC)[C@H](OCCCC)C1N=[N+]=[N-]. The molecule has 3 rings (SSSR count). The van der Waals surface area contributed by atoms with Crippen LogP contribution in [0.5, 0.6) is 0 Å². The van der Waals surface area contributed by atoms with Crippen LogP contribution in [0.1, 0.15) is 106 Å². The van der Waals surface area contributed by atoms with Gasteiger partial charge in [-0.3, -0.25) is 0 Å². The van der Waals surface area contributed by atoms with Crippen LogP contribution in [0.25, 0.3) is 20.9 Å². The normalized spacial score (nSPS) is 31.9. The van der Waals surface area contributed by atoms with Gasteiger partial charge in [-0.05, 0) is 50.1 Å². The molecule has 0 aliphatic carbocycles. The van der Waals surface area contributed by atoms with Gasteiger partial charge < -0.3 is 62.3 Å². The molecule has 0 aromatic heterocycles. The smallest absolute Gasteiger partial charge is 0.338 e. The van der Waals surface area contributed by atoms with Crippen molar-refractivity contribution in [1.29, 1.82) is 0 Å². The van der Waals surface area contributed by atoms with Crippen LogP contribution >= 0.6 is 0 Å². The van der Waals surface area contributed by atoms with E-state index in [1.807, 2.05) is 34.6 Å². The average molecular weight is 847 g/mol. The number of hydrogen-bond donors (Lipinski definition) is 2. The monoisotopic (exact) mass is 846 g/mol. The van der Waals surface area contributed by atoms with Crippen molar-refractivity contribution in [3.05, 3.63) is 20.9 Å². The first-order valence-electron chi connectivity index (χ1n) is 21.6. The highest BCUT2D eigenvalue weighted by atomic mass is 16.8. The Balaban J connectivity index is 2.08. The molecule has 3 heterocycles. The van der Waals surface area contributed by atoms with Gasteiger partial charge in [-0.2, -0.15) is 0 Å². The lowest BCUT2D eigenvalue weighted by Crippen LogP contribution is -2.67. The summed E-state index contributed by atoms with van der Waals surface area (Å²) in [6, 6.07) is -2.09. The zero-order valence-electron chi connectivity index (χ0n) is 35.8. The van der Waals surface area contributed by atoms with Crippen molar-refractivity contribution in [3.8, 4) is 0 Å². The van der Waals surface area contributed by atoms with E-state index in [1.165, 1.54) is 0 Å². The Morgan fingerprint density at radius 1 is 0.729 bits per heavy atom. The highest BCUT2D eigenvalue weighted by Crippen LogP contribution is 2.36. The minimum absolute atomic E-state index is 0.0541. The molecule has 20 nitrogen and oxygen atoms in total. The van der Waals surface area contributed by atoms with Gasteiger partial charge in [0, 0.05) is 36.3 Å². The Kier molecular flexibility index (Phi) is 25.1. The number of unbranched alkanes of at least 4 members (excludes halogenated alkanes) is 5. The van der Waals surface area contributed by atoms with Crippen LogP contribution in [-0.2, 0) is 56.9 Å². The summed E-state index contributed by atoms with van der Waals surface area (Å²) in [6.45, 7) is 12.3. The summed E-state index contributed by atoms with van der Waals surface area (Å²) >= 11 is 0. The number of carbonyl (C=O) groups is 1. The highest BCUT2D eigenvalue weighted by molar-refractivity contribution is 5.76. The average Bonchev–Trinajstić information content (AvgIpc) is 3.73. The highest BCUT2D eigenvalue weighted by Gasteiger charge is 2.56. The lowest BCUT2D eigenvalue weighted by Gasteiger charge is -2.49. The Morgan fingerprint density at radius 3 is 1.86 bits per heavy atom. The summed E-state index contributed by atoms with van der Waals surface area (Å²) in [4.78, 5) is 20.0. The predicted molar refractivity (Wildman–Crippen MR) is 212 cm³/mol. The fourth-order valence-corrected chi connectivity index (χ4v) is 6.79. The third-order valence-electron chi connectivity index (χ3n) is 10.3. The van der Waals surface area contributed by atoms with Gasteiger partial charge >= 0.3 is 5.97 Å². The Hall–Kier alpha value is -2.39. The number of aliphatic hydroxyl groups excluding tert-OH is 2. The van der Waals surface area contributed by atoms with Crippen molar-refractivity contribution in [1.82, 2.24) is 0 Å². The van der Waals surface area contributed by atoms with Gasteiger partial charge in [-0.1, -0.05) is 77.0 Å². The van der Waals surface area contributed by atoms with Gasteiger partial charge in [0.2, 0.25) is 0 Å². The van der Waals surface area contributed by atoms with E-state index in [0.29, 0.717) is 32.5 Å². The zero-order valence-corrected chi connectivity index (χ0v) is 35.8. The second-order valence-corrected chi connectivity index (χ2v) is 14.9. The van der Waals surface area contributed by atoms with Gasteiger partial charge in [0.15, 0.2) is 25.0 Å². The number of azide groups is 2.